The molecule has 3 amide bonds. The number of amides is 3. The van der Waals surface area contributed by atoms with Gasteiger partial charge in [0.05, 0.1) is 5.54 Å². The summed E-state index contributed by atoms with van der Waals surface area (Å²) in [7, 11) is 0. The van der Waals surface area contributed by atoms with E-state index >= 15 is 0 Å². The number of rotatable bonds is 4. The van der Waals surface area contributed by atoms with Gasteiger partial charge in [-0.2, -0.15) is 0 Å². The van der Waals surface area contributed by atoms with Crippen molar-refractivity contribution in [2.75, 3.05) is 26.2 Å². The van der Waals surface area contributed by atoms with Gasteiger partial charge in [0.2, 0.25) is 5.91 Å². The zero-order chi connectivity index (χ0) is 16.9. The first-order valence-electron chi connectivity index (χ1n) is 9.07. The van der Waals surface area contributed by atoms with E-state index in [1.54, 1.807) is 11.8 Å². The molecule has 140 valence electrons. The van der Waals surface area contributed by atoms with Crippen LogP contribution in [0.3, 0.4) is 0 Å². The van der Waals surface area contributed by atoms with Crippen LogP contribution in [0.2, 0.25) is 0 Å². The maximum atomic E-state index is 12.5. The average molecular weight is 361 g/mol. The number of nitrogens with zero attached hydrogens (tertiary/aromatic N) is 2. The van der Waals surface area contributed by atoms with Crippen LogP contribution in [0.25, 0.3) is 0 Å². The van der Waals surface area contributed by atoms with Gasteiger partial charge in [-0.25, -0.2) is 4.79 Å². The van der Waals surface area contributed by atoms with E-state index in [1.165, 1.54) is 19.3 Å². The summed E-state index contributed by atoms with van der Waals surface area (Å²) in [6.45, 7) is 6.17. The lowest BCUT2D eigenvalue weighted by molar-refractivity contribution is -0.138. The number of carbonyl (C=O) groups is 2. The molecule has 0 bridgehead atoms. The van der Waals surface area contributed by atoms with Crippen LogP contribution in [-0.4, -0.2) is 59.5 Å². The number of halogens is 1. The summed E-state index contributed by atoms with van der Waals surface area (Å²) in [6.07, 6.45) is 7.46. The summed E-state index contributed by atoms with van der Waals surface area (Å²) in [6, 6.07) is 0.348. The molecule has 1 heterocycles. The van der Waals surface area contributed by atoms with Gasteiger partial charge in [-0.05, 0) is 26.2 Å². The molecule has 0 radical (unpaired) electrons. The third-order valence-electron chi connectivity index (χ3n) is 5.04. The Balaban J connectivity index is 0.00000288. The Morgan fingerprint density at radius 1 is 1.08 bits per heavy atom. The smallest absolute Gasteiger partial charge is 0.317 e. The molecule has 7 heteroatoms. The van der Waals surface area contributed by atoms with Crippen LogP contribution >= 0.6 is 12.4 Å². The molecular formula is C17H33ClN4O2. The number of nitrogens with two attached hydrogens (primary N) is 1. The molecule has 2 rings (SSSR count). The average Bonchev–Trinajstić information content (AvgIpc) is 2.55. The van der Waals surface area contributed by atoms with Gasteiger partial charge in [0, 0.05) is 32.2 Å². The molecule has 1 atom stereocenters. The Bertz CT molecular complexity index is 417. The maximum absolute atomic E-state index is 12.5. The van der Waals surface area contributed by atoms with Gasteiger partial charge in [0.1, 0.15) is 0 Å². The Morgan fingerprint density at radius 2 is 1.62 bits per heavy atom. The summed E-state index contributed by atoms with van der Waals surface area (Å²) in [5.41, 5.74) is 5.35. The molecule has 1 saturated heterocycles. The molecule has 1 aliphatic carbocycles. The number of hydrogen-bond acceptors (Lipinski definition) is 3. The van der Waals surface area contributed by atoms with E-state index < -0.39 is 5.54 Å². The van der Waals surface area contributed by atoms with Crippen molar-refractivity contribution in [2.45, 2.75) is 70.4 Å². The first-order chi connectivity index (χ1) is 10.9. The molecule has 0 aromatic heterocycles. The second-order valence-electron chi connectivity index (χ2n) is 7.23. The Hall–Kier alpha value is -1.01. The van der Waals surface area contributed by atoms with Gasteiger partial charge < -0.3 is 20.9 Å². The third kappa shape index (κ3) is 5.52. The second-order valence-corrected chi connectivity index (χ2v) is 7.23. The molecular weight excluding hydrogens is 328 g/mol. The van der Waals surface area contributed by atoms with E-state index in [2.05, 4.69) is 5.32 Å². The second kappa shape index (κ2) is 9.47. The molecule has 1 aliphatic heterocycles. The van der Waals surface area contributed by atoms with Gasteiger partial charge in [-0.1, -0.05) is 32.6 Å². The summed E-state index contributed by atoms with van der Waals surface area (Å²) in [5, 5.41) is 3.14. The Kier molecular flexibility index (Phi) is 8.30. The van der Waals surface area contributed by atoms with Crippen molar-refractivity contribution in [3.8, 4) is 0 Å². The van der Waals surface area contributed by atoms with E-state index in [4.69, 9.17) is 5.73 Å². The van der Waals surface area contributed by atoms with Crippen LogP contribution in [0.4, 0.5) is 4.79 Å². The molecule has 0 spiro atoms. The highest BCUT2D eigenvalue weighted by molar-refractivity contribution is 5.86. The summed E-state index contributed by atoms with van der Waals surface area (Å²) in [4.78, 5) is 28.4. The van der Waals surface area contributed by atoms with Crippen molar-refractivity contribution in [1.29, 1.82) is 0 Å². The topological polar surface area (TPSA) is 78.7 Å². The molecule has 2 fully saturated rings. The lowest BCUT2D eigenvalue weighted by Gasteiger charge is -2.39. The fourth-order valence-corrected chi connectivity index (χ4v) is 3.61. The lowest BCUT2D eigenvalue weighted by Crippen LogP contribution is -2.60. The van der Waals surface area contributed by atoms with Crippen molar-refractivity contribution < 1.29 is 9.59 Å². The monoisotopic (exact) mass is 360 g/mol. The molecule has 1 saturated carbocycles. The summed E-state index contributed by atoms with van der Waals surface area (Å²) in [5.74, 6) is 0.00619. The van der Waals surface area contributed by atoms with Gasteiger partial charge in [-0.15, -0.1) is 12.4 Å². The van der Waals surface area contributed by atoms with Crippen LogP contribution in [-0.2, 0) is 4.79 Å². The van der Waals surface area contributed by atoms with Crippen molar-refractivity contribution in [3.05, 3.63) is 0 Å². The Labute approximate surface area is 151 Å². The number of urea groups is 1. The van der Waals surface area contributed by atoms with Crippen molar-refractivity contribution in [3.63, 3.8) is 0 Å². The fraction of sp³-hybridized carbons (Fsp3) is 0.882. The third-order valence-corrected chi connectivity index (χ3v) is 5.04. The first-order valence-corrected chi connectivity index (χ1v) is 9.07. The molecule has 6 nitrogen and oxygen atoms in total. The van der Waals surface area contributed by atoms with Gasteiger partial charge >= 0.3 is 6.03 Å². The largest absolute Gasteiger partial charge is 0.338 e. The zero-order valence-electron chi connectivity index (χ0n) is 15.1. The van der Waals surface area contributed by atoms with Crippen LogP contribution in [0.1, 0.15) is 58.8 Å². The minimum Gasteiger partial charge on any atom is -0.338 e. The predicted molar refractivity (Wildman–Crippen MR) is 98.3 cm³/mol. The molecule has 2 aliphatic rings. The van der Waals surface area contributed by atoms with E-state index in [1.807, 2.05) is 11.8 Å². The van der Waals surface area contributed by atoms with Gasteiger partial charge in [-0.3, -0.25) is 4.79 Å². The van der Waals surface area contributed by atoms with E-state index in [0.29, 0.717) is 38.6 Å². The SMILES string of the molecule is CCCC(C)(N)C(=O)N1CCN(C(=O)NC2CCCCC2)CC1.Cl. The minimum atomic E-state index is -0.790. The van der Waals surface area contributed by atoms with E-state index in [0.717, 1.165) is 19.3 Å². The fourth-order valence-electron chi connectivity index (χ4n) is 3.61. The van der Waals surface area contributed by atoms with Crippen molar-refractivity contribution in [2.24, 2.45) is 5.73 Å². The van der Waals surface area contributed by atoms with Crippen LogP contribution in [0.15, 0.2) is 0 Å². The van der Waals surface area contributed by atoms with Crippen molar-refractivity contribution >= 4 is 24.3 Å². The highest BCUT2D eigenvalue weighted by Crippen LogP contribution is 2.18. The van der Waals surface area contributed by atoms with Crippen LogP contribution in [0, 0.1) is 0 Å². The number of carbonyl (C=O) groups excluding carboxylic acids is 2. The number of nitrogens with one attached hydrogen (secondary N) is 1. The maximum Gasteiger partial charge on any atom is 0.317 e. The molecule has 0 aromatic carbocycles. The van der Waals surface area contributed by atoms with Gasteiger partial charge in [0.15, 0.2) is 0 Å². The first kappa shape index (κ1) is 21.0. The lowest BCUT2D eigenvalue weighted by atomic mass is 9.95. The molecule has 24 heavy (non-hydrogen) atoms. The van der Waals surface area contributed by atoms with E-state index in [9.17, 15) is 9.59 Å². The van der Waals surface area contributed by atoms with Crippen LogP contribution in [0.5, 0.6) is 0 Å². The highest BCUT2D eigenvalue weighted by atomic mass is 35.5. The van der Waals surface area contributed by atoms with E-state index in [-0.39, 0.29) is 24.3 Å². The molecule has 0 aromatic rings. The predicted octanol–water partition coefficient (Wildman–Crippen LogP) is 2.11. The normalized spacial score (nSPS) is 21.6. The standard InChI is InChI=1S/C17H32N4O2.ClH/c1-3-9-17(2,18)15(22)20-10-12-21(13-11-20)16(23)19-14-7-5-4-6-8-14;/h14H,3-13,18H2,1-2H3,(H,19,23);1H. The quantitative estimate of drug-likeness (QED) is 0.805. The zero-order valence-corrected chi connectivity index (χ0v) is 15.9. The summed E-state index contributed by atoms with van der Waals surface area (Å²) < 4.78 is 0. The summed E-state index contributed by atoms with van der Waals surface area (Å²) >= 11 is 0. The minimum absolute atomic E-state index is 0. The van der Waals surface area contributed by atoms with Crippen molar-refractivity contribution in [1.82, 2.24) is 15.1 Å². The Morgan fingerprint density at radius 3 is 2.17 bits per heavy atom. The number of hydrogen-bond donors (Lipinski definition) is 2. The highest BCUT2D eigenvalue weighted by Gasteiger charge is 2.34. The van der Waals surface area contributed by atoms with Crippen LogP contribution < -0.4 is 11.1 Å². The van der Waals surface area contributed by atoms with Gasteiger partial charge in [0.25, 0.3) is 0 Å². The number of piperazine rings is 1. The molecule has 3 N–H and O–H groups in total. The molecule has 1 unspecified atom stereocenters.